The van der Waals surface area contributed by atoms with Crippen molar-refractivity contribution in [2.45, 2.75) is 65.5 Å². The predicted octanol–water partition coefficient (Wildman–Crippen LogP) is 2.97. The van der Waals surface area contributed by atoms with Gasteiger partial charge in [-0.1, -0.05) is 20.3 Å². The summed E-state index contributed by atoms with van der Waals surface area (Å²) >= 11 is 0. The molecule has 0 aromatic heterocycles. The van der Waals surface area contributed by atoms with Gasteiger partial charge in [0.15, 0.2) is 0 Å². The summed E-state index contributed by atoms with van der Waals surface area (Å²) in [4.78, 5) is 0. The standard InChI is InChI=1S/C12H27NO/c1-6-9-11(13-10-7-2)12(4,5)14-8-3/h11,13H,6-10H2,1-5H3. The minimum atomic E-state index is -0.0417. The minimum Gasteiger partial charge on any atom is -0.374 e. The van der Waals surface area contributed by atoms with Gasteiger partial charge in [0.1, 0.15) is 0 Å². The molecule has 0 aliphatic rings. The van der Waals surface area contributed by atoms with E-state index in [-0.39, 0.29) is 5.60 Å². The Morgan fingerprint density at radius 2 is 1.79 bits per heavy atom. The molecule has 0 bridgehead atoms. The van der Waals surface area contributed by atoms with Crippen LogP contribution in [0, 0.1) is 0 Å². The van der Waals surface area contributed by atoms with E-state index in [0.29, 0.717) is 6.04 Å². The molecule has 0 rings (SSSR count). The van der Waals surface area contributed by atoms with Crippen molar-refractivity contribution in [1.82, 2.24) is 5.32 Å². The average molecular weight is 201 g/mol. The molecular weight excluding hydrogens is 174 g/mol. The van der Waals surface area contributed by atoms with Crippen LogP contribution in [0.1, 0.15) is 53.9 Å². The smallest absolute Gasteiger partial charge is 0.0778 e. The maximum atomic E-state index is 5.78. The Morgan fingerprint density at radius 3 is 2.21 bits per heavy atom. The Morgan fingerprint density at radius 1 is 1.14 bits per heavy atom. The highest BCUT2D eigenvalue weighted by atomic mass is 16.5. The van der Waals surface area contributed by atoms with Gasteiger partial charge in [0.25, 0.3) is 0 Å². The minimum absolute atomic E-state index is 0.0417. The quantitative estimate of drug-likeness (QED) is 0.652. The van der Waals surface area contributed by atoms with Gasteiger partial charge in [0, 0.05) is 12.6 Å². The first-order valence-corrected chi connectivity index (χ1v) is 5.95. The maximum absolute atomic E-state index is 5.78. The van der Waals surface area contributed by atoms with Gasteiger partial charge < -0.3 is 10.1 Å². The van der Waals surface area contributed by atoms with E-state index in [2.05, 4.69) is 39.9 Å². The molecule has 0 aliphatic carbocycles. The second-order valence-corrected chi connectivity index (χ2v) is 4.33. The zero-order chi connectivity index (χ0) is 11.0. The highest BCUT2D eigenvalue weighted by Gasteiger charge is 2.28. The molecule has 0 aromatic rings. The molecule has 0 aliphatic heterocycles. The Balaban J connectivity index is 4.14. The lowest BCUT2D eigenvalue weighted by Crippen LogP contribution is -2.48. The summed E-state index contributed by atoms with van der Waals surface area (Å²) in [6.45, 7) is 12.7. The SMILES string of the molecule is CCCNC(CCC)C(C)(C)OCC. The molecule has 1 unspecified atom stereocenters. The van der Waals surface area contributed by atoms with Gasteiger partial charge in [-0.15, -0.1) is 0 Å². The number of nitrogens with one attached hydrogen (secondary N) is 1. The fourth-order valence-corrected chi connectivity index (χ4v) is 1.78. The highest BCUT2D eigenvalue weighted by molar-refractivity contribution is 4.85. The van der Waals surface area contributed by atoms with Crippen LogP contribution in [0.3, 0.4) is 0 Å². The number of rotatable bonds is 8. The van der Waals surface area contributed by atoms with Crippen LogP contribution in [0.5, 0.6) is 0 Å². The lowest BCUT2D eigenvalue weighted by Gasteiger charge is -2.35. The van der Waals surface area contributed by atoms with Crippen molar-refractivity contribution < 1.29 is 4.74 Å². The van der Waals surface area contributed by atoms with Crippen LogP contribution >= 0.6 is 0 Å². The second kappa shape index (κ2) is 7.24. The molecule has 0 fully saturated rings. The molecule has 14 heavy (non-hydrogen) atoms. The van der Waals surface area contributed by atoms with E-state index in [0.717, 1.165) is 13.2 Å². The first kappa shape index (κ1) is 13.9. The maximum Gasteiger partial charge on any atom is 0.0778 e. The molecule has 0 saturated heterocycles. The molecule has 1 atom stereocenters. The molecule has 86 valence electrons. The fourth-order valence-electron chi connectivity index (χ4n) is 1.78. The van der Waals surface area contributed by atoms with Gasteiger partial charge in [0.2, 0.25) is 0 Å². The van der Waals surface area contributed by atoms with E-state index in [1.807, 2.05) is 0 Å². The second-order valence-electron chi connectivity index (χ2n) is 4.33. The van der Waals surface area contributed by atoms with Crippen molar-refractivity contribution in [3.63, 3.8) is 0 Å². The Labute approximate surface area is 89.4 Å². The van der Waals surface area contributed by atoms with Crippen LogP contribution < -0.4 is 5.32 Å². The number of hydrogen-bond acceptors (Lipinski definition) is 2. The first-order chi connectivity index (χ1) is 6.58. The van der Waals surface area contributed by atoms with Gasteiger partial charge in [-0.2, -0.15) is 0 Å². The molecular formula is C12H27NO. The molecule has 0 radical (unpaired) electrons. The Hall–Kier alpha value is -0.0800. The molecule has 0 heterocycles. The predicted molar refractivity (Wildman–Crippen MR) is 62.7 cm³/mol. The van der Waals surface area contributed by atoms with Crippen molar-refractivity contribution in [3.05, 3.63) is 0 Å². The van der Waals surface area contributed by atoms with Gasteiger partial charge in [-0.05, 0) is 40.2 Å². The summed E-state index contributed by atoms with van der Waals surface area (Å²) in [6, 6.07) is 0.479. The normalized spacial score (nSPS) is 14.4. The van der Waals surface area contributed by atoms with Crippen LogP contribution in [0.2, 0.25) is 0 Å². The van der Waals surface area contributed by atoms with Crippen molar-refractivity contribution >= 4 is 0 Å². The van der Waals surface area contributed by atoms with Gasteiger partial charge in [0.05, 0.1) is 5.60 Å². The van der Waals surface area contributed by atoms with Crippen LogP contribution in [-0.2, 0) is 4.74 Å². The third-order valence-electron chi connectivity index (χ3n) is 2.57. The third-order valence-corrected chi connectivity index (χ3v) is 2.57. The van der Waals surface area contributed by atoms with E-state index < -0.39 is 0 Å². The monoisotopic (exact) mass is 201 g/mol. The first-order valence-electron chi connectivity index (χ1n) is 5.95. The van der Waals surface area contributed by atoms with Crippen molar-refractivity contribution in [2.75, 3.05) is 13.2 Å². The summed E-state index contributed by atoms with van der Waals surface area (Å²) in [5, 5.41) is 3.57. The van der Waals surface area contributed by atoms with E-state index in [9.17, 15) is 0 Å². The number of ether oxygens (including phenoxy) is 1. The van der Waals surface area contributed by atoms with Gasteiger partial charge in [-0.3, -0.25) is 0 Å². The fraction of sp³-hybridized carbons (Fsp3) is 1.00. The van der Waals surface area contributed by atoms with Crippen molar-refractivity contribution in [1.29, 1.82) is 0 Å². The lowest BCUT2D eigenvalue weighted by atomic mass is 9.94. The summed E-state index contributed by atoms with van der Waals surface area (Å²) < 4.78 is 5.78. The zero-order valence-electron chi connectivity index (χ0n) is 10.5. The highest BCUT2D eigenvalue weighted by Crippen LogP contribution is 2.18. The summed E-state index contributed by atoms with van der Waals surface area (Å²) in [6.07, 6.45) is 3.58. The topological polar surface area (TPSA) is 21.3 Å². The van der Waals surface area contributed by atoms with Crippen molar-refractivity contribution in [2.24, 2.45) is 0 Å². The largest absolute Gasteiger partial charge is 0.374 e. The van der Waals surface area contributed by atoms with Crippen LogP contribution in [-0.4, -0.2) is 24.8 Å². The van der Waals surface area contributed by atoms with Crippen molar-refractivity contribution in [3.8, 4) is 0 Å². The van der Waals surface area contributed by atoms with E-state index >= 15 is 0 Å². The molecule has 1 N–H and O–H groups in total. The van der Waals surface area contributed by atoms with Crippen LogP contribution in [0.25, 0.3) is 0 Å². The summed E-state index contributed by atoms with van der Waals surface area (Å²) in [5.41, 5.74) is -0.0417. The molecule has 0 saturated carbocycles. The van der Waals surface area contributed by atoms with Crippen LogP contribution in [0.15, 0.2) is 0 Å². The summed E-state index contributed by atoms with van der Waals surface area (Å²) in [7, 11) is 0. The zero-order valence-corrected chi connectivity index (χ0v) is 10.5. The lowest BCUT2D eigenvalue weighted by molar-refractivity contribution is -0.0401. The van der Waals surface area contributed by atoms with Gasteiger partial charge in [-0.25, -0.2) is 0 Å². The van der Waals surface area contributed by atoms with E-state index in [4.69, 9.17) is 4.74 Å². The number of hydrogen-bond donors (Lipinski definition) is 1. The van der Waals surface area contributed by atoms with E-state index in [1.54, 1.807) is 0 Å². The van der Waals surface area contributed by atoms with E-state index in [1.165, 1.54) is 19.3 Å². The Kier molecular flexibility index (Phi) is 7.20. The molecule has 2 nitrogen and oxygen atoms in total. The Bertz CT molecular complexity index is 134. The van der Waals surface area contributed by atoms with Crippen LogP contribution in [0.4, 0.5) is 0 Å². The third kappa shape index (κ3) is 4.97. The molecule has 2 heteroatoms. The van der Waals surface area contributed by atoms with Gasteiger partial charge >= 0.3 is 0 Å². The molecule has 0 spiro atoms. The summed E-state index contributed by atoms with van der Waals surface area (Å²) in [5.74, 6) is 0. The molecule has 0 amide bonds. The average Bonchev–Trinajstić information content (AvgIpc) is 2.11. The molecule has 0 aromatic carbocycles.